The van der Waals surface area contributed by atoms with Crippen molar-refractivity contribution in [3.63, 3.8) is 0 Å². The average molecular weight is 1240 g/mol. The van der Waals surface area contributed by atoms with E-state index in [9.17, 15) is 0 Å². The molecule has 0 aromatic rings. The van der Waals surface area contributed by atoms with Crippen molar-refractivity contribution in [2.75, 3.05) is 0 Å². The molecule has 416 valence electrons. The maximum Gasteiger partial charge on any atom is 0 e. The largest absolute Gasteiger partial charge is 0.284 e. The van der Waals surface area contributed by atoms with E-state index in [1.165, 1.54) is 0 Å². The first-order valence-electron chi connectivity index (χ1n) is 25.6. The third-order valence-electron chi connectivity index (χ3n) is 6.29. The lowest BCUT2D eigenvalue weighted by Crippen LogP contribution is -1.57. The van der Waals surface area contributed by atoms with E-state index in [4.69, 9.17) is 6.42 Å². The number of hydrogen-bond donors (Lipinski definition) is 0. The highest BCUT2D eigenvalue weighted by atomic mass is 13.7. The van der Waals surface area contributed by atoms with Crippen LogP contribution in [0.3, 0.4) is 0 Å². The standard InChI is InChI=1S/C103H3/c1-3-5-7-9-11-13-15-17-19-21-23-25-27-29-31-33-35-37-39-41-43-45-47-49-51-53-55-57-59-61-63-65-67-69-71-73-75-77-79-81-83-85-87-89-91-93-95-97-99-101-103-102-100-98-96-94-92-90-88-86-84-82-80-78-76-74-72-70-68-66-64-62-60-58-56-54-52-50-48-46-44-42-40-38-36-34-32-30-28-26-24-22-20-18-16-14-12-10-8-6-4-2/h1H,2H2/q-1. The Morgan fingerprint density at radius 2 is 0.126 bits per heavy atom. The van der Waals surface area contributed by atoms with Crippen LogP contribution in [-0.4, -0.2) is 0 Å². The molecular weight excluding hydrogens is 1240 g/mol. The van der Waals surface area contributed by atoms with Gasteiger partial charge in [0.15, 0.2) is 0 Å². The Bertz CT molecular complexity index is 7310. The quantitative estimate of drug-likeness (QED) is 0.247. The maximum absolute atomic E-state index is 4.95. The molecule has 0 bridgehead atoms. The van der Waals surface area contributed by atoms with Crippen molar-refractivity contribution in [2.45, 2.75) is 0 Å². The highest BCUT2D eigenvalue weighted by molar-refractivity contribution is 5.56. The van der Waals surface area contributed by atoms with E-state index in [2.05, 4.69) is 605 Å². The molecule has 0 aromatic carbocycles. The molecule has 0 heterocycles. The van der Waals surface area contributed by atoms with Crippen LogP contribution in [-0.2, 0) is 0 Å². The van der Waals surface area contributed by atoms with E-state index < -0.39 is 0 Å². The van der Waals surface area contributed by atoms with Crippen LogP contribution in [0.4, 0.5) is 0 Å². The number of rotatable bonds is 0. The molecule has 103 heavy (non-hydrogen) atoms. The Hall–Kier alpha value is -22.6. The van der Waals surface area contributed by atoms with Crippen molar-refractivity contribution in [1.29, 1.82) is 0 Å². The molecule has 0 fully saturated rings. The van der Waals surface area contributed by atoms with Gasteiger partial charge in [0.25, 0.3) is 0 Å². The van der Waals surface area contributed by atoms with Crippen LogP contribution in [0.5, 0.6) is 0 Å². The molecular formula is C103H3-. The Morgan fingerprint density at radius 1 is 0.0777 bits per heavy atom. The van der Waals surface area contributed by atoms with Crippen LogP contribution in [0.2, 0.25) is 0 Å². The minimum absolute atomic E-state index is 2.12. The fraction of sp³-hybridized carbons (Fsp3) is 0. The van der Waals surface area contributed by atoms with Gasteiger partial charge in [0.2, 0.25) is 0 Å². The molecule has 0 saturated carbocycles. The SMILES string of the molecule is C#CC#CC#CC#CC#CC#CC#CC#CC#CC#CC#CC#CC#CC#CC#CC#CC#CC#CC#CC#CC#CC#CC#CC#CC#CC#CC#CC#CC#CC#CC#CC#CC#CC#CC#CC#CC#CC#CC#CC#CC#CC#CC#CC#CC#CC#CC#CC#CC#CC#CC#C[CH2-]. The van der Waals surface area contributed by atoms with Crippen molar-refractivity contribution >= 4 is 0 Å². The smallest absolute Gasteiger partial charge is 0 e. The monoisotopic (exact) mass is 1240 g/mol. The fourth-order valence-corrected chi connectivity index (χ4v) is 3.11. The average Bonchev–Trinajstić information content (AvgIpc) is 3.71. The van der Waals surface area contributed by atoms with E-state index >= 15 is 0 Å². The maximum atomic E-state index is 4.95. The van der Waals surface area contributed by atoms with Gasteiger partial charge in [-0.05, 0) is 94.7 Å². The zero-order valence-electron chi connectivity index (χ0n) is 51.8. The molecule has 0 aromatic heterocycles. The van der Waals surface area contributed by atoms with E-state index in [1.54, 1.807) is 0 Å². The summed E-state index contributed by atoms with van der Waals surface area (Å²) in [6, 6.07) is 0. The predicted octanol–water partition coefficient (Wildman–Crippen LogP) is 0.624. The van der Waals surface area contributed by atoms with Crippen molar-refractivity contribution in [3.05, 3.63) is 6.92 Å². The molecule has 0 heteroatoms. The minimum Gasteiger partial charge on any atom is -0.284 e. The second-order valence-electron chi connectivity index (χ2n) is 12.7. The van der Waals surface area contributed by atoms with Gasteiger partial charge in [-0.2, -0.15) is 6.92 Å². The third kappa shape index (κ3) is 79.4. The van der Waals surface area contributed by atoms with E-state index in [1.807, 2.05) is 0 Å². The van der Waals surface area contributed by atoms with Gasteiger partial charge in [0, 0.05) is 485 Å². The lowest BCUT2D eigenvalue weighted by molar-refractivity contribution is 2.31. The molecule has 0 aliphatic rings. The topological polar surface area (TPSA) is 0 Å². The van der Waals surface area contributed by atoms with Gasteiger partial charge in [0.1, 0.15) is 0 Å². The molecule has 0 radical (unpaired) electrons. The molecule has 0 atom stereocenters. The summed E-state index contributed by atoms with van der Waals surface area (Å²) in [4.78, 5) is 0. The molecule has 0 nitrogen and oxygen atoms in total. The molecule has 0 saturated heterocycles. The van der Waals surface area contributed by atoms with Crippen molar-refractivity contribution < 1.29 is 0 Å². The summed E-state index contributed by atoms with van der Waals surface area (Å²) in [5.41, 5.74) is 0. The molecule has 0 rings (SSSR count). The molecule has 0 unspecified atom stereocenters. The highest BCUT2D eigenvalue weighted by Gasteiger charge is 1.67. The van der Waals surface area contributed by atoms with Gasteiger partial charge in [-0.3, -0.25) is 5.92 Å². The van der Waals surface area contributed by atoms with E-state index in [-0.39, 0.29) is 0 Å². The molecule has 0 aliphatic carbocycles. The summed E-state index contributed by atoms with van der Waals surface area (Å²) in [5.74, 6) is 251. The van der Waals surface area contributed by atoms with Crippen LogP contribution in [0.25, 0.3) is 0 Å². The third-order valence-corrected chi connectivity index (χ3v) is 6.29. The summed E-state index contributed by atoms with van der Waals surface area (Å²) in [6.07, 6.45) is 4.95. The molecule has 0 amide bonds. The van der Waals surface area contributed by atoms with Crippen molar-refractivity contribution in [2.24, 2.45) is 0 Å². The van der Waals surface area contributed by atoms with Gasteiger partial charge >= 0.3 is 0 Å². The summed E-state index contributed by atoms with van der Waals surface area (Å²) >= 11 is 0. The predicted molar refractivity (Wildman–Crippen MR) is 403 cm³/mol. The van der Waals surface area contributed by atoms with E-state index in [0.717, 1.165) is 0 Å². The van der Waals surface area contributed by atoms with Gasteiger partial charge in [-0.1, -0.05) is 0 Å². The first-order chi connectivity index (χ1) is 51.4. The minimum atomic E-state index is 2.12. The number of terminal acetylenes is 1. The highest BCUT2D eigenvalue weighted by Crippen LogP contribution is 1.67. The Balaban J connectivity index is 4.64. The lowest BCUT2D eigenvalue weighted by atomic mass is 10.4. The van der Waals surface area contributed by atoms with E-state index in [0.29, 0.717) is 0 Å². The van der Waals surface area contributed by atoms with Crippen LogP contribution < -0.4 is 0 Å². The molecule has 0 aliphatic heterocycles. The van der Waals surface area contributed by atoms with Crippen molar-refractivity contribution in [1.82, 2.24) is 0 Å². The summed E-state index contributed by atoms with van der Waals surface area (Å²) in [5, 5.41) is 0. The summed E-state index contributed by atoms with van der Waals surface area (Å²) in [6.45, 7) is 3.32. The molecule has 0 spiro atoms. The van der Waals surface area contributed by atoms with Crippen LogP contribution in [0.1, 0.15) is 0 Å². The zero-order chi connectivity index (χ0) is 73.4. The van der Waals surface area contributed by atoms with Crippen molar-refractivity contribution in [3.8, 4) is 604 Å². The van der Waals surface area contributed by atoms with Gasteiger partial charge in [0.05, 0.1) is 0 Å². The Kier molecular flexibility index (Phi) is 62.0. The van der Waals surface area contributed by atoms with Gasteiger partial charge in [-0.15, -0.1) is 12.3 Å². The summed E-state index contributed by atoms with van der Waals surface area (Å²) < 4.78 is 0. The summed E-state index contributed by atoms with van der Waals surface area (Å²) in [7, 11) is 0. The first kappa shape index (κ1) is 80.4. The second-order valence-corrected chi connectivity index (χ2v) is 12.7. The van der Waals surface area contributed by atoms with Gasteiger partial charge < -0.3 is 0 Å². The number of hydrogen-bond acceptors (Lipinski definition) is 0. The first-order valence-corrected chi connectivity index (χ1v) is 25.6. The fourth-order valence-electron chi connectivity index (χ4n) is 3.11. The van der Waals surface area contributed by atoms with Crippen LogP contribution >= 0.6 is 0 Å². The Morgan fingerprint density at radius 3 is 0.175 bits per heavy atom. The Labute approximate surface area is 607 Å². The van der Waals surface area contributed by atoms with Crippen LogP contribution in [0.15, 0.2) is 0 Å². The normalized spacial score (nSPS) is 3.95. The second kappa shape index (κ2) is 79.4. The lowest BCUT2D eigenvalue weighted by Gasteiger charge is -1.64. The zero-order valence-corrected chi connectivity index (χ0v) is 51.8. The van der Waals surface area contributed by atoms with Crippen LogP contribution in [0, 0.1) is 611 Å². The molecule has 0 N–H and O–H groups in total. The van der Waals surface area contributed by atoms with Gasteiger partial charge in [-0.25, -0.2) is 5.92 Å².